The molecule has 1 aromatic rings. The van der Waals surface area contributed by atoms with Crippen molar-refractivity contribution < 1.29 is 0 Å². The highest BCUT2D eigenvalue weighted by molar-refractivity contribution is 9.10. The Balaban J connectivity index is 1.79. The summed E-state index contributed by atoms with van der Waals surface area (Å²) in [6.45, 7) is 3.07. The Hall–Kier alpha value is -0.570. The zero-order valence-electron chi connectivity index (χ0n) is 9.09. The Morgan fingerprint density at radius 2 is 2.27 bits per heavy atom. The molecular formula is C12H17BrN2. The van der Waals surface area contributed by atoms with E-state index in [1.54, 1.807) is 0 Å². The molecule has 0 saturated heterocycles. The van der Waals surface area contributed by atoms with Crippen LogP contribution in [0.1, 0.15) is 31.4 Å². The van der Waals surface area contributed by atoms with Gasteiger partial charge in [-0.1, -0.05) is 19.3 Å². The minimum Gasteiger partial charge on any atom is -0.370 e. The van der Waals surface area contributed by atoms with Gasteiger partial charge < -0.3 is 5.32 Å². The molecule has 1 saturated carbocycles. The maximum atomic E-state index is 4.46. The van der Waals surface area contributed by atoms with Crippen LogP contribution in [0.2, 0.25) is 0 Å². The van der Waals surface area contributed by atoms with Gasteiger partial charge in [-0.25, -0.2) is 4.98 Å². The first-order chi connectivity index (χ1) is 7.25. The third-order valence-corrected chi connectivity index (χ3v) is 3.94. The fraction of sp³-hybridized carbons (Fsp3) is 0.583. The molecule has 1 heterocycles. The zero-order chi connectivity index (χ0) is 10.7. The highest BCUT2D eigenvalue weighted by Crippen LogP contribution is 2.29. The van der Waals surface area contributed by atoms with Crippen LogP contribution in [-0.2, 0) is 0 Å². The molecule has 82 valence electrons. The van der Waals surface area contributed by atoms with Crippen LogP contribution in [0.5, 0.6) is 0 Å². The van der Waals surface area contributed by atoms with Crippen LogP contribution in [0.4, 0.5) is 5.82 Å². The van der Waals surface area contributed by atoms with Crippen molar-refractivity contribution in [2.45, 2.75) is 32.6 Å². The van der Waals surface area contributed by atoms with Gasteiger partial charge in [-0.2, -0.15) is 0 Å². The normalized spacial score (nSPS) is 16.1. The number of hydrogen-bond acceptors (Lipinski definition) is 2. The van der Waals surface area contributed by atoms with E-state index in [2.05, 4.69) is 26.2 Å². The van der Waals surface area contributed by atoms with Crippen molar-refractivity contribution in [1.82, 2.24) is 4.98 Å². The number of nitrogens with zero attached hydrogens (tertiary/aromatic N) is 1. The average Bonchev–Trinajstić information content (AvgIpc) is 2.15. The van der Waals surface area contributed by atoms with Crippen molar-refractivity contribution >= 4 is 21.7 Å². The summed E-state index contributed by atoms with van der Waals surface area (Å²) in [4.78, 5) is 4.46. The Kier molecular flexibility index (Phi) is 3.62. The monoisotopic (exact) mass is 268 g/mol. The van der Waals surface area contributed by atoms with Gasteiger partial charge in [-0.15, -0.1) is 0 Å². The molecule has 0 bridgehead atoms. The molecule has 1 aliphatic rings. The minimum absolute atomic E-state index is 0.967. The second-order valence-corrected chi connectivity index (χ2v) is 5.13. The number of aromatic nitrogens is 1. The third-order valence-electron chi connectivity index (χ3n) is 3.10. The molecule has 1 N–H and O–H groups in total. The summed E-state index contributed by atoms with van der Waals surface area (Å²) in [5.74, 6) is 1.96. The minimum atomic E-state index is 0.967. The summed E-state index contributed by atoms with van der Waals surface area (Å²) in [5, 5.41) is 3.38. The molecule has 0 atom stereocenters. The highest BCUT2D eigenvalue weighted by atomic mass is 79.9. The lowest BCUT2D eigenvalue weighted by Gasteiger charge is -2.25. The van der Waals surface area contributed by atoms with E-state index in [4.69, 9.17) is 0 Å². The number of rotatable bonds is 4. The summed E-state index contributed by atoms with van der Waals surface area (Å²) >= 11 is 3.45. The molecule has 0 aromatic carbocycles. The first-order valence-electron chi connectivity index (χ1n) is 5.63. The summed E-state index contributed by atoms with van der Waals surface area (Å²) in [7, 11) is 0. The van der Waals surface area contributed by atoms with Gasteiger partial charge >= 0.3 is 0 Å². The van der Waals surface area contributed by atoms with Crippen LogP contribution in [0.3, 0.4) is 0 Å². The van der Waals surface area contributed by atoms with Crippen molar-refractivity contribution in [3.8, 4) is 0 Å². The predicted octanol–water partition coefficient (Wildman–Crippen LogP) is 3.75. The number of halogens is 1. The number of aryl methyl sites for hydroxylation is 1. The average molecular weight is 269 g/mol. The van der Waals surface area contributed by atoms with Gasteiger partial charge in [0.25, 0.3) is 0 Å². The molecule has 0 aliphatic heterocycles. The first-order valence-corrected chi connectivity index (χ1v) is 6.42. The second kappa shape index (κ2) is 4.97. The summed E-state index contributed by atoms with van der Waals surface area (Å²) in [6.07, 6.45) is 5.57. The quantitative estimate of drug-likeness (QED) is 0.900. The van der Waals surface area contributed by atoms with Crippen LogP contribution in [-0.4, -0.2) is 11.5 Å². The number of anilines is 1. The standard InChI is InChI=1S/C12H17BrN2/c1-9-11(13)5-6-12(15-9)14-8-7-10-3-2-4-10/h5-6,10H,2-4,7-8H2,1H3,(H,14,15). The maximum Gasteiger partial charge on any atom is 0.126 e. The van der Waals surface area contributed by atoms with Gasteiger partial charge in [0, 0.05) is 11.0 Å². The third kappa shape index (κ3) is 2.94. The lowest BCUT2D eigenvalue weighted by atomic mass is 9.83. The van der Waals surface area contributed by atoms with E-state index in [-0.39, 0.29) is 0 Å². The second-order valence-electron chi connectivity index (χ2n) is 4.28. The Morgan fingerprint density at radius 3 is 2.87 bits per heavy atom. The van der Waals surface area contributed by atoms with Crippen LogP contribution in [0, 0.1) is 12.8 Å². The van der Waals surface area contributed by atoms with E-state index in [1.807, 2.05) is 19.1 Å². The van der Waals surface area contributed by atoms with Crippen LogP contribution < -0.4 is 5.32 Å². The van der Waals surface area contributed by atoms with E-state index >= 15 is 0 Å². The van der Waals surface area contributed by atoms with Gasteiger partial charge in [0.1, 0.15) is 5.82 Å². The van der Waals surface area contributed by atoms with Gasteiger partial charge in [0.2, 0.25) is 0 Å². The molecule has 15 heavy (non-hydrogen) atoms. The predicted molar refractivity (Wildman–Crippen MR) is 67.1 cm³/mol. The molecule has 2 rings (SSSR count). The molecule has 1 aromatic heterocycles. The van der Waals surface area contributed by atoms with Crippen molar-refractivity contribution in [3.63, 3.8) is 0 Å². The topological polar surface area (TPSA) is 24.9 Å². The number of hydrogen-bond donors (Lipinski definition) is 1. The van der Waals surface area contributed by atoms with Crippen molar-refractivity contribution in [2.75, 3.05) is 11.9 Å². The van der Waals surface area contributed by atoms with Gasteiger partial charge in [0.15, 0.2) is 0 Å². The molecule has 0 unspecified atom stereocenters. The molecule has 0 radical (unpaired) electrons. The van der Waals surface area contributed by atoms with E-state index < -0.39 is 0 Å². The molecule has 1 aliphatic carbocycles. The molecule has 2 nitrogen and oxygen atoms in total. The molecule has 1 fully saturated rings. The van der Waals surface area contributed by atoms with Gasteiger partial charge in [0.05, 0.1) is 5.69 Å². The van der Waals surface area contributed by atoms with E-state index in [0.717, 1.165) is 28.4 Å². The fourth-order valence-electron chi connectivity index (χ4n) is 1.83. The number of pyridine rings is 1. The van der Waals surface area contributed by atoms with Crippen LogP contribution >= 0.6 is 15.9 Å². The summed E-state index contributed by atoms with van der Waals surface area (Å²) in [5.41, 5.74) is 1.05. The van der Waals surface area contributed by atoms with Crippen LogP contribution in [0.25, 0.3) is 0 Å². The van der Waals surface area contributed by atoms with E-state index in [9.17, 15) is 0 Å². The lowest BCUT2D eigenvalue weighted by molar-refractivity contribution is 0.303. The van der Waals surface area contributed by atoms with Crippen molar-refractivity contribution in [3.05, 3.63) is 22.3 Å². The fourth-order valence-corrected chi connectivity index (χ4v) is 2.05. The largest absolute Gasteiger partial charge is 0.370 e. The Labute approximate surface area is 99.6 Å². The van der Waals surface area contributed by atoms with Gasteiger partial charge in [-0.3, -0.25) is 0 Å². The smallest absolute Gasteiger partial charge is 0.126 e. The highest BCUT2D eigenvalue weighted by Gasteiger charge is 2.16. The first kappa shape index (κ1) is 10.9. The van der Waals surface area contributed by atoms with Gasteiger partial charge in [-0.05, 0) is 47.3 Å². The molecule has 0 spiro atoms. The lowest BCUT2D eigenvalue weighted by Crippen LogP contribution is -2.16. The Bertz CT molecular complexity index is 334. The van der Waals surface area contributed by atoms with E-state index in [1.165, 1.54) is 25.7 Å². The Morgan fingerprint density at radius 1 is 1.47 bits per heavy atom. The molecule has 0 amide bonds. The maximum absolute atomic E-state index is 4.46. The van der Waals surface area contributed by atoms with Crippen molar-refractivity contribution in [2.24, 2.45) is 5.92 Å². The van der Waals surface area contributed by atoms with E-state index in [0.29, 0.717) is 0 Å². The number of nitrogens with one attached hydrogen (secondary N) is 1. The van der Waals surface area contributed by atoms with Crippen LogP contribution in [0.15, 0.2) is 16.6 Å². The molecule has 3 heteroatoms. The zero-order valence-corrected chi connectivity index (χ0v) is 10.7. The molecular weight excluding hydrogens is 252 g/mol. The SMILES string of the molecule is Cc1nc(NCCC2CCC2)ccc1Br. The summed E-state index contributed by atoms with van der Waals surface area (Å²) in [6, 6.07) is 4.08. The summed E-state index contributed by atoms with van der Waals surface area (Å²) < 4.78 is 1.08. The van der Waals surface area contributed by atoms with Crippen molar-refractivity contribution in [1.29, 1.82) is 0 Å².